The van der Waals surface area contributed by atoms with Gasteiger partial charge in [-0.05, 0) is 43.9 Å². The summed E-state index contributed by atoms with van der Waals surface area (Å²) in [4.78, 5) is 21.6. The molecule has 1 aromatic rings. The normalized spacial score (nSPS) is 21.7. The molecular weight excluding hydrogens is 305 g/mol. The molecule has 2 aliphatic heterocycles. The summed E-state index contributed by atoms with van der Waals surface area (Å²) in [6, 6.07) is 6.74. The Balaban J connectivity index is 1.45. The number of carbonyl (C=O) groups is 1. The van der Waals surface area contributed by atoms with E-state index in [0.717, 1.165) is 74.7 Å². The Morgan fingerprint density at radius 3 is 2.54 bits per heavy atom. The minimum atomic E-state index is -0.200. The number of Topliss-reactive ketones (excluding diaryl/α,β-unsaturated/α-hetero) is 1. The zero-order valence-electron chi connectivity index (χ0n) is 13.8. The first-order valence-electron chi connectivity index (χ1n) is 8.79. The number of anilines is 1. The number of halogens is 1. The van der Waals surface area contributed by atoms with Crippen LogP contribution in [-0.2, 0) is 4.79 Å². The highest BCUT2D eigenvalue weighted by Crippen LogP contribution is 2.31. The summed E-state index contributed by atoms with van der Waals surface area (Å²) >= 11 is 0. The van der Waals surface area contributed by atoms with E-state index >= 15 is 0 Å². The van der Waals surface area contributed by atoms with Crippen LogP contribution in [0.1, 0.15) is 32.1 Å². The number of hydrogen-bond donors (Lipinski definition) is 0. The third-order valence-electron chi connectivity index (χ3n) is 5.18. The van der Waals surface area contributed by atoms with E-state index in [2.05, 4.69) is 9.80 Å². The molecule has 0 saturated carbocycles. The number of benzene rings is 1. The quantitative estimate of drug-likeness (QED) is 0.795. The van der Waals surface area contributed by atoms with Gasteiger partial charge in [0.25, 0.3) is 0 Å². The van der Waals surface area contributed by atoms with Crippen LogP contribution in [0.25, 0.3) is 0 Å². The van der Waals surface area contributed by atoms with Gasteiger partial charge in [0.2, 0.25) is 0 Å². The number of hydrogen-bond acceptors (Lipinski definition) is 4. The summed E-state index contributed by atoms with van der Waals surface area (Å²) in [5, 5.41) is 0. The Bertz CT molecular complexity index is 717. The van der Waals surface area contributed by atoms with Gasteiger partial charge in [0, 0.05) is 43.1 Å². The van der Waals surface area contributed by atoms with Gasteiger partial charge in [0.15, 0.2) is 5.78 Å². The lowest BCUT2D eigenvalue weighted by Gasteiger charge is -2.38. The maximum Gasteiger partial charge on any atom is 0.168 e. The molecule has 126 valence electrons. The zero-order valence-corrected chi connectivity index (χ0v) is 13.8. The topological polar surface area (TPSA) is 35.9 Å². The molecule has 1 aliphatic carbocycles. The standard InChI is InChI=1S/C19H22FN3O/c20-14-4-3-5-15(12-14)22-8-10-23(11-9-22)19-13-18(24)16-6-1-2-7-17(16)21-19/h3-5,12H,1-2,6-11,13H2. The van der Waals surface area contributed by atoms with Crippen LogP contribution in [0.2, 0.25) is 0 Å². The molecule has 1 fully saturated rings. The predicted octanol–water partition coefficient (Wildman–Crippen LogP) is 3.15. The average molecular weight is 327 g/mol. The molecule has 5 heteroatoms. The van der Waals surface area contributed by atoms with Crippen LogP contribution in [0, 0.1) is 5.82 Å². The van der Waals surface area contributed by atoms with Gasteiger partial charge in [-0.1, -0.05) is 6.07 Å². The van der Waals surface area contributed by atoms with Crippen molar-refractivity contribution in [1.29, 1.82) is 0 Å². The van der Waals surface area contributed by atoms with Gasteiger partial charge < -0.3 is 9.80 Å². The van der Waals surface area contributed by atoms with Gasteiger partial charge in [0.05, 0.1) is 6.42 Å². The molecule has 2 heterocycles. The molecular formula is C19H22FN3O. The number of nitrogens with zero attached hydrogens (tertiary/aromatic N) is 3. The average Bonchev–Trinajstić information content (AvgIpc) is 2.62. The monoisotopic (exact) mass is 327 g/mol. The molecule has 0 atom stereocenters. The van der Waals surface area contributed by atoms with Crippen molar-refractivity contribution < 1.29 is 9.18 Å². The Morgan fingerprint density at radius 1 is 1.00 bits per heavy atom. The third-order valence-corrected chi connectivity index (χ3v) is 5.18. The number of rotatable bonds is 1. The van der Waals surface area contributed by atoms with Gasteiger partial charge in [-0.3, -0.25) is 4.79 Å². The molecule has 0 spiro atoms. The van der Waals surface area contributed by atoms with Crippen molar-refractivity contribution in [2.75, 3.05) is 31.1 Å². The molecule has 0 aromatic heterocycles. The van der Waals surface area contributed by atoms with Crippen molar-refractivity contribution in [3.63, 3.8) is 0 Å². The fourth-order valence-corrected chi connectivity index (χ4v) is 3.84. The van der Waals surface area contributed by atoms with E-state index in [4.69, 9.17) is 4.99 Å². The summed E-state index contributed by atoms with van der Waals surface area (Å²) in [7, 11) is 0. The lowest BCUT2D eigenvalue weighted by Crippen LogP contribution is -2.49. The minimum Gasteiger partial charge on any atom is -0.368 e. The Kier molecular flexibility index (Phi) is 4.08. The van der Waals surface area contributed by atoms with E-state index in [1.165, 1.54) is 6.07 Å². The molecule has 0 radical (unpaired) electrons. The van der Waals surface area contributed by atoms with Crippen LogP contribution < -0.4 is 4.90 Å². The number of amidine groups is 1. The second kappa shape index (κ2) is 6.38. The number of allylic oxidation sites excluding steroid dienone is 2. The van der Waals surface area contributed by atoms with Crippen molar-refractivity contribution in [1.82, 2.24) is 4.90 Å². The summed E-state index contributed by atoms with van der Waals surface area (Å²) in [5.74, 6) is 0.996. The van der Waals surface area contributed by atoms with Gasteiger partial charge in [-0.15, -0.1) is 0 Å². The zero-order chi connectivity index (χ0) is 16.5. The lowest BCUT2D eigenvalue weighted by atomic mass is 9.90. The maximum absolute atomic E-state index is 13.4. The van der Waals surface area contributed by atoms with Crippen molar-refractivity contribution in [3.8, 4) is 0 Å². The van der Waals surface area contributed by atoms with Crippen molar-refractivity contribution in [3.05, 3.63) is 41.4 Å². The lowest BCUT2D eigenvalue weighted by molar-refractivity contribution is -0.115. The molecule has 0 N–H and O–H groups in total. The first-order chi connectivity index (χ1) is 11.7. The summed E-state index contributed by atoms with van der Waals surface area (Å²) < 4.78 is 13.4. The van der Waals surface area contributed by atoms with Gasteiger partial charge in [-0.25, -0.2) is 9.38 Å². The van der Waals surface area contributed by atoms with E-state index in [1.54, 1.807) is 12.1 Å². The highest BCUT2D eigenvalue weighted by atomic mass is 19.1. The molecule has 0 unspecified atom stereocenters. The SMILES string of the molecule is O=C1CC(N2CCN(c3cccc(F)c3)CC2)=NC2=C1CCCC2. The fraction of sp³-hybridized carbons (Fsp3) is 0.474. The van der Waals surface area contributed by atoms with Crippen LogP contribution in [0.5, 0.6) is 0 Å². The van der Waals surface area contributed by atoms with Crippen molar-refractivity contribution in [2.24, 2.45) is 4.99 Å². The van der Waals surface area contributed by atoms with E-state index < -0.39 is 0 Å². The van der Waals surface area contributed by atoms with Gasteiger partial charge in [-0.2, -0.15) is 0 Å². The number of piperazine rings is 1. The minimum absolute atomic E-state index is 0.200. The highest BCUT2D eigenvalue weighted by molar-refractivity contribution is 6.11. The Labute approximate surface area is 141 Å². The van der Waals surface area contributed by atoms with Crippen LogP contribution in [0.3, 0.4) is 0 Å². The summed E-state index contributed by atoms with van der Waals surface area (Å²) in [6.07, 6.45) is 4.53. The first kappa shape index (κ1) is 15.4. The maximum atomic E-state index is 13.4. The molecule has 24 heavy (non-hydrogen) atoms. The Morgan fingerprint density at radius 2 is 1.75 bits per heavy atom. The second-order valence-corrected chi connectivity index (χ2v) is 6.71. The highest BCUT2D eigenvalue weighted by Gasteiger charge is 2.29. The van der Waals surface area contributed by atoms with Crippen molar-refractivity contribution >= 4 is 17.3 Å². The van der Waals surface area contributed by atoms with Crippen molar-refractivity contribution in [2.45, 2.75) is 32.1 Å². The number of aliphatic imine (C=N–C) groups is 1. The summed E-state index contributed by atoms with van der Waals surface area (Å²) in [5.41, 5.74) is 2.93. The Hall–Kier alpha value is -2.17. The van der Waals surface area contributed by atoms with Crippen LogP contribution in [0.15, 0.2) is 40.5 Å². The molecule has 1 saturated heterocycles. The molecule has 0 amide bonds. The molecule has 4 rings (SSSR count). The largest absolute Gasteiger partial charge is 0.368 e. The molecule has 3 aliphatic rings. The van der Waals surface area contributed by atoms with E-state index in [-0.39, 0.29) is 11.6 Å². The number of ketones is 1. The third kappa shape index (κ3) is 2.95. The van der Waals surface area contributed by atoms with E-state index in [0.29, 0.717) is 6.42 Å². The predicted molar refractivity (Wildman–Crippen MR) is 92.7 cm³/mol. The second-order valence-electron chi connectivity index (χ2n) is 6.71. The molecule has 0 bridgehead atoms. The van der Waals surface area contributed by atoms with Crippen LogP contribution in [0.4, 0.5) is 10.1 Å². The van der Waals surface area contributed by atoms with Gasteiger partial charge in [0.1, 0.15) is 11.7 Å². The van der Waals surface area contributed by atoms with Crippen LogP contribution in [-0.4, -0.2) is 42.7 Å². The van der Waals surface area contributed by atoms with E-state index in [1.807, 2.05) is 6.07 Å². The summed E-state index contributed by atoms with van der Waals surface area (Å²) in [6.45, 7) is 3.29. The van der Waals surface area contributed by atoms with Gasteiger partial charge >= 0.3 is 0 Å². The molecule has 4 nitrogen and oxygen atoms in total. The molecule has 1 aromatic carbocycles. The fourth-order valence-electron chi connectivity index (χ4n) is 3.84. The van der Waals surface area contributed by atoms with Crippen LogP contribution >= 0.6 is 0 Å². The number of carbonyl (C=O) groups excluding carboxylic acids is 1. The smallest absolute Gasteiger partial charge is 0.168 e. The first-order valence-corrected chi connectivity index (χ1v) is 8.79. The van der Waals surface area contributed by atoms with E-state index in [9.17, 15) is 9.18 Å².